The van der Waals surface area contributed by atoms with Crippen LogP contribution in [0.3, 0.4) is 0 Å². The molecule has 0 amide bonds. The molecule has 0 bridgehead atoms. The van der Waals surface area contributed by atoms with E-state index < -0.39 is 0 Å². The first kappa shape index (κ1) is 8.76. The SMILES string of the molecule is C=C1SCCC1=O.CC. The Balaban J connectivity index is 0.000000291. The van der Waals surface area contributed by atoms with Gasteiger partial charge < -0.3 is 0 Å². The van der Waals surface area contributed by atoms with Crippen molar-refractivity contribution in [3.8, 4) is 0 Å². The van der Waals surface area contributed by atoms with Gasteiger partial charge in [0.25, 0.3) is 0 Å². The normalized spacial score (nSPS) is 17.1. The van der Waals surface area contributed by atoms with Crippen molar-refractivity contribution in [2.45, 2.75) is 20.3 Å². The maximum absolute atomic E-state index is 10.5. The first-order valence-corrected chi connectivity index (χ1v) is 4.14. The molecule has 1 aliphatic heterocycles. The number of hydrogen-bond acceptors (Lipinski definition) is 2. The Labute approximate surface area is 60.5 Å². The van der Waals surface area contributed by atoms with Crippen LogP contribution in [-0.4, -0.2) is 11.5 Å². The van der Waals surface area contributed by atoms with Crippen LogP contribution in [-0.2, 0) is 4.79 Å². The van der Waals surface area contributed by atoms with Crippen molar-refractivity contribution in [2.24, 2.45) is 0 Å². The summed E-state index contributed by atoms with van der Waals surface area (Å²) in [6.07, 6.45) is 0.698. The van der Waals surface area contributed by atoms with Crippen LogP contribution in [0.15, 0.2) is 11.5 Å². The molecule has 1 heterocycles. The molecule has 0 aromatic heterocycles. The highest BCUT2D eigenvalue weighted by Crippen LogP contribution is 2.24. The predicted molar refractivity (Wildman–Crippen MR) is 42.6 cm³/mol. The van der Waals surface area contributed by atoms with E-state index in [2.05, 4.69) is 6.58 Å². The van der Waals surface area contributed by atoms with Crippen molar-refractivity contribution in [3.63, 3.8) is 0 Å². The van der Waals surface area contributed by atoms with Crippen molar-refractivity contribution >= 4 is 17.5 Å². The third kappa shape index (κ3) is 2.70. The average Bonchev–Trinajstić information content (AvgIpc) is 2.23. The van der Waals surface area contributed by atoms with E-state index in [9.17, 15) is 4.79 Å². The summed E-state index contributed by atoms with van der Waals surface area (Å²) in [4.78, 5) is 11.2. The van der Waals surface area contributed by atoms with E-state index in [1.807, 2.05) is 13.8 Å². The van der Waals surface area contributed by atoms with E-state index in [1.54, 1.807) is 11.8 Å². The van der Waals surface area contributed by atoms with Gasteiger partial charge in [-0.3, -0.25) is 4.79 Å². The van der Waals surface area contributed by atoms with Crippen LogP contribution in [0.5, 0.6) is 0 Å². The second-order valence-corrected chi connectivity index (χ2v) is 2.63. The van der Waals surface area contributed by atoms with Gasteiger partial charge in [0.2, 0.25) is 0 Å². The Bertz CT molecular complexity index is 104. The molecule has 0 spiro atoms. The van der Waals surface area contributed by atoms with E-state index >= 15 is 0 Å². The summed E-state index contributed by atoms with van der Waals surface area (Å²) >= 11 is 1.56. The molecule has 9 heavy (non-hydrogen) atoms. The fourth-order valence-corrected chi connectivity index (χ4v) is 1.28. The maximum atomic E-state index is 10.5. The molecule has 0 atom stereocenters. The summed E-state index contributed by atoms with van der Waals surface area (Å²) in [6, 6.07) is 0. The van der Waals surface area contributed by atoms with Gasteiger partial charge in [-0.2, -0.15) is 0 Å². The van der Waals surface area contributed by atoms with Gasteiger partial charge in [0.1, 0.15) is 0 Å². The summed E-state index contributed by atoms with van der Waals surface area (Å²) in [5, 5.41) is 0. The van der Waals surface area contributed by atoms with E-state index in [-0.39, 0.29) is 5.78 Å². The molecule has 0 saturated carbocycles. The lowest BCUT2D eigenvalue weighted by atomic mass is 10.3. The van der Waals surface area contributed by atoms with Crippen LogP contribution in [0.1, 0.15) is 20.3 Å². The summed E-state index contributed by atoms with van der Waals surface area (Å²) in [5.74, 6) is 1.17. The number of ketones is 1. The highest BCUT2D eigenvalue weighted by atomic mass is 32.2. The lowest BCUT2D eigenvalue weighted by Crippen LogP contribution is -1.86. The summed E-state index contributed by atoms with van der Waals surface area (Å²) < 4.78 is 0. The third-order valence-corrected chi connectivity index (χ3v) is 1.90. The second kappa shape index (κ2) is 4.62. The largest absolute Gasteiger partial charge is 0.294 e. The van der Waals surface area contributed by atoms with Gasteiger partial charge in [-0.15, -0.1) is 11.8 Å². The van der Waals surface area contributed by atoms with Crippen molar-refractivity contribution in [1.29, 1.82) is 0 Å². The van der Waals surface area contributed by atoms with Gasteiger partial charge in [-0.05, 0) is 0 Å². The number of allylic oxidation sites excluding steroid dienone is 1. The maximum Gasteiger partial charge on any atom is 0.169 e. The summed E-state index contributed by atoms with van der Waals surface area (Å²) in [6.45, 7) is 7.55. The Morgan fingerprint density at radius 1 is 1.56 bits per heavy atom. The smallest absolute Gasteiger partial charge is 0.169 e. The van der Waals surface area contributed by atoms with Crippen LogP contribution in [0.4, 0.5) is 0 Å². The molecule has 1 saturated heterocycles. The number of hydrogen-bond donors (Lipinski definition) is 0. The molecular formula is C7H12OS. The first-order valence-electron chi connectivity index (χ1n) is 3.15. The first-order chi connectivity index (χ1) is 4.30. The lowest BCUT2D eigenvalue weighted by molar-refractivity contribution is -0.114. The summed E-state index contributed by atoms with van der Waals surface area (Å²) in [5.41, 5.74) is 0. The fraction of sp³-hybridized carbons (Fsp3) is 0.571. The molecule has 0 radical (unpaired) electrons. The molecule has 1 nitrogen and oxygen atoms in total. The Hall–Kier alpha value is -0.240. The molecule has 1 rings (SSSR count). The third-order valence-electron chi connectivity index (χ3n) is 0.916. The molecule has 1 aliphatic rings. The minimum atomic E-state index is 0.227. The fourth-order valence-electron chi connectivity index (χ4n) is 0.487. The molecule has 0 N–H and O–H groups in total. The molecular weight excluding hydrogens is 132 g/mol. The molecule has 52 valence electrons. The lowest BCUT2D eigenvalue weighted by Gasteiger charge is -1.79. The van der Waals surface area contributed by atoms with Gasteiger partial charge >= 0.3 is 0 Å². The zero-order valence-electron chi connectivity index (χ0n) is 5.94. The van der Waals surface area contributed by atoms with Gasteiger partial charge in [0, 0.05) is 17.1 Å². The van der Waals surface area contributed by atoms with Gasteiger partial charge in [0.15, 0.2) is 5.78 Å². The molecule has 0 unspecified atom stereocenters. The number of carbonyl (C=O) groups is 1. The van der Waals surface area contributed by atoms with Crippen LogP contribution in [0.2, 0.25) is 0 Å². The standard InChI is InChI=1S/C5H6OS.C2H6/c1-4-5(6)2-3-7-4;1-2/h1-3H2;1-2H3. The van der Waals surface area contributed by atoms with E-state index in [1.165, 1.54) is 0 Å². The number of thioether (sulfide) groups is 1. The quantitative estimate of drug-likeness (QED) is 0.485. The van der Waals surface area contributed by atoms with Gasteiger partial charge in [0.05, 0.1) is 0 Å². The number of rotatable bonds is 0. The minimum absolute atomic E-state index is 0.227. The Kier molecular flexibility index (Phi) is 4.50. The van der Waals surface area contributed by atoms with Crippen LogP contribution < -0.4 is 0 Å². The molecule has 1 fully saturated rings. The van der Waals surface area contributed by atoms with Crippen molar-refractivity contribution < 1.29 is 4.79 Å². The average molecular weight is 144 g/mol. The van der Waals surface area contributed by atoms with E-state index in [4.69, 9.17) is 0 Å². The van der Waals surface area contributed by atoms with Crippen molar-refractivity contribution in [3.05, 3.63) is 11.5 Å². The Morgan fingerprint density at radius 2 is 2.11 bits per heavy atom. The van der Waals surface area contributed by atoms with E-state index in [0.29, 0.717) is 6.42 Å². The number of Topliss-reactive ketones (excluding diaryl/α,β-unsaturated/α-hetero) is 1. The monoisotopic (exact) mass is 144 g/mol. The van der Waals surface area contributed by atoms with Crippen LogP contribution in [0.25, 0.3) is 0 Å². The zero-order valence-corrected chi connectivity index (χ0v) is 6.75. The van der Waals surface area contributed by atoms with Gasteiger partial charge in [-0.25, -0.2) is 0 Å². The minimum Gasteiger partial charge on any atom is -0.294 e. The van der Waals surface area contributed by atoms with Crippen molar-refractivity contribution in [2.75, 3.05) is 5.75 Å². The van der Waals surface area contributed by atoms with E-state index in [0.717, 1.165) is 10.7 Å². The Morgan fingerprint density at radius 3 is 2.22 bits per heavy atom. The van der Waals surface area contributed by atoms with Crippen LogP contribution >= 0.6 is 11.8 Å². The van der Waals surface area contributed by atoms with Crippen molar-refractivity contribution in [1.82, 2.24) is 0 Å². The molecule has 2 heteroatoms. The molecule has 0 aliphatic carbocycles. The highest BCUT2D eigenvalue weighted by Gasteiger charge is 2.13. The topological polar surface area (TPSA) is 17.1 Å². The predicted octanol–water partition coefficient (Wildman–Crippen LogP) is 2.23. The second-order valence-electron chi connectivity index (χ2n) is 1.44. The summed E-state index contributed by atoms with van der Waals surface area (Å²) in [7, 11) is 0. The number of carbonyl (C=O) groups excluding carboxylic acids is 1. The zero-order chi connectivity index (χ0) is 7.28. The molecule has 0 aromatic rings. The highest BCUT2D eigenvalue weighted by molar-refractivity contribution is 8.04. The van der Waals surface area contributed by atoms with Gasteiger partial charge in [-0.1, -0.05) is 20.4 Å². The molecule has 0 aromatic carbocycles. The van der Waals surface area contributed by atoms with Crippen LogP contribution in [0, 0.1) is 0 Å².